The molecule has 0 bridgehead atoms. The van der Waals surface area contributed by atoms with E-state index in [2.05, 4.69) is 0 Å². The van der Waals surface area contributed by atoms with E-state index < -0.39 is 12.6 Å². The molecule has 55 valence electrons. The molecule has 0 saturated heterocycles. The molecule has 0 aromatic rings. The van der Waals surface area contributed by atoms with Crippen LogP contribution in [0.4, 0.5) is 0 Å². The van der Waals surface area contributed by atoms with E-state index in [1.807, 2.05) is 15.1 Å². The molecule has 0 radical (unpaired) electrons. The number of carbonyl (C=O) groups is 3. The van der Waals surface area contributed by atoms with E-state index in [0.717, 1.165) is 0 Å². The van der Waals surface area contributed by atoms with Crippen molar-refractivity contribution in [1.29, 1.82) is 0 Å². The number of rotatable bonds is 3. The van der Waals surface area contributed by atoms with E-state index in [4.69, 9.17) is 0 Å². The van der Waals surface area contributed by atoms with E-state index in [9.17, 15) is 14.4 Å². The molecule has 0 spiro atoms. The minimum absolute atomic E-state index is 0.437. The molecule has 0 aliphatic carbocycles. The summed E-state index contributed by atoms with van der Waals surface area (Å²) >= 11 is -3.82. The van der Waals surface area contributed by atoms with Gasteiger partial charge in [-0.1, -0.05) is 0 Å². The second-order valence-electron chi connectivity index (χ2n) is 1.43. The van der Waals surface area contributed by atoms with Crippen LogP contribution in [-0.4, -0.2) is 14.6 Å². The van der Waals surface area contributed by atoms with Crippen LogP contribution in [0, 0.1) is 0 Å². The Morgan fingerprint density at radius 2 is 1.11 bits per heavy atom. The van der Waals surface area contributed by atoms with Crippen molar-refractivity contribution in [2.24, 2.45) is 0 Å². The fourth-order valence-electron chi connectivity index (χ4n) is 0.0589. The summed E-state index contributed by atoms with van der Waals surface area (Å²) in [5.41, 5.74) is 0. The van der Waals surface area contributed by atoms with Crippen LogP contribution >= 0.6 is 15.1 Å². The maximum atomic E-state index is 10.2. The third-order valence-electron chi connectivity index (χ3n) is 0.577. The van der Waals surface area contributed by atoms with Crippen LogP contribution in [0.2, 0.25) is 0 Å². The van der Waals surface area contributed by atoms with Crippen molar-refractivity contribution in [3.8, 4) is 0 Å². The molecule has 0 heterocycles. The van der Waals surface area contributed by atoms with Gasteiger partial charge in [-0.3, -0.25) is 0 Å². The number of hydrogen-bond donors (Lipinski definition) is 0. The van der Waals surface area contributed by atoms with E-state index in [0.29, 0.717) is 14.6 Å². The number of hydrogen-bond acceptors (Lipinski definition) is 3. The molecule has 6 heteroatoms. The molecule has 0 aliphatic rings. The topological polar surface area (TPSA) is 51.2 Å². The fourth-order valence-corrected chi connectivity index (χ4v) is 0.349. The molecule has 0 aromatic heterocycles. The zero-order valence-corrected chi connectivity index (χ0v) is 8.51. The molecule has 0 amide bonds. The molecule has 0 rings (SSSR count). The summed E-state index contributed by atoms with van der Waals surface area (Å²) in [6, 6.07) is 0. The summed E-state index contributed by atoms with van der Waals surface area (Å²) in [7, 11) is 4.08. The van der Waals surface area contributed by atoms with Gasteiger partial charge in [-0.05, 0) is 0 Å². The van der Waals surface area contributed by atoms with Crippen molar-refractivity contribution in [2.75, 3.05) is 0 Å². The quantitative estimate of drug-likeness (QED) is 0.399. The molecule has 0 aromatic carbocycles. The van der Waals surface area contributed by atoms with Crippen molar-refractivity contribution in [1.82, 2.24) is 0 Å². The van der Waals surface area contributed by atoms with E-state index in [1.54, 1.807) is 0 Å². The van der Waals surface area contributed by atoms with Crippen LogP contribution in [0.3, 0.4) is 0 Å². The third kappa shape index (κ3) is 2.29. The molecule has 2 atom stereocenters. The molecule has 0 aliphatic heterocycles. The van der Waals surface area contributed by atoms with E-state index in [1.165, 1.54) is 0 Å². The maximum absolute atomic E-state index is 10.2. The minimum atomic E-state index is -3.82. The van der Waals surface area contributed by atoms with Crippen molar-refractivity contribution in [3.63, 3.8) is 0 Å². The van der Waals surface area contributed by atoms with Gasteiger partial charge in [0.15, 0.2) is 0 Å². The molecular formula is C3H7O3P2Ru. The van der Waals surface area contributed by atoms with E-state index in [-0.39, 0.29) is 0 Å². The second-order valence-corrected chi connectivity index (χ2v) is 22.4. The van der Waals surface area contributed by atoms with Crippen molar-refractivity contribution in [2.45, 2.75) is 0 Å². The zero-order chi connectivity index (χ0) is 7.57. The first-order chi connectivity index (χ1) is 3.96. The van der Waals surface area contributed by atoms with Crippen LogP contribution in [0.1, 0.15) is 0 Å². The van der Waals surface area contributed by atoms with Gasteiger partial charge in [0.1, 0.15) is 0 Å². The Labute approximate surface area is 57.1 Å². The fraction of sp³-hybridized carbons (Fsp3) is 0. The average Bonchev–Trinajstić information content (AvgIpc) is 1.90. The summed E-state index contributed by atoms with van der Waals surface area (Å²) in [4.78, 5) is 31.9. The van der Waals surface area contributed by atoms with Crippen LogP contribution in [-0.2, 0) is 27.0 Å². The van der Waals surface area contributed by atoms with Crippen molar-refractivity contribution in [3.05, 3.63) is 0 Å². The van der Waals surface area contributed by atoms with Crippen molar-refractivity contribution >= 4 is 29.8 Å². The normalized spacial score (nSPS) is 15.1. The van der Waals surface area contributed by atoms with Crippen molar-refractivity contribution < 1.29 is 27.0 Å². The van der Waals surface area contributed by atoms with Gasteiger partial charge in [-0.15, -0.1) is 0 Å². The molecule has 0 fully saturated rings. The van der Waals surface area contributed by atoms with Crippen LogP contribution in [0.15, 0.2) is 0 Å². The Balaban J connectivity index is 4.81. The Morgan fingerprint density at radius 3 is 1.11 bits per heavy atom. The summed E-state index contributed by atoms with van der Waals surface area (Å²) in [5.74, 6) is 0. The Morgan fingerprint density at radius 1 is 0.889 bits per heavy atom. The third-order valence-corrected chi connectivity index (χ3v) is 6.83. The predicted molar refractivity (Wildman–Crippen MR) is 39.7 cm³/mol. The molecule has 9 heavy (non-hydrogen) atoms. The monoisotopic (exact) mass is 255 g/mol. The van der Waals surface area contributed by atoms with E-state index >= 15 is 0 Å². The standard InChI is InChI=1S/3CHO.2H2P.Ru/c3*1-2;;;/h3*1H;2*1H2;/q;;;2*-1;+2. The van der Waals surface area contributed by atoms with Gasteiger partial charge >= 0.3 is 56.8 Å². The Hall–Kier alpha value is 0.493. The molecular weight excluding hydrogens is 247 g/mol. The molecule has 0 N–H and O–H groups in total. The second kappa shape index (κ2) is 2.62. The SMILES string of the molecule is O=[CH][Ru]([PH2])([PH2])([CH]=O)[CH]=O. The Kier molecular flexibility index (Phi) is 2.76. The average molecular weight is 254 g/mol. The van der Waals surface area contributed by atoms with Crippen LogP contribution in [0.25, 0.3) is 0 Å². The Bertz CT molecular complexity index is 138. The molecule has 0 saturated carbocycles. The zero-order valence-electron chi connectivity index (χ0n) is 4.47. The van der Waals surface area contributed by atoms with Crippen LogP contribution in [0.5, 0.6) is 0 Å². The summed E-state index contributed by atoms with van der Waals surface area (Å²) in [6.45, 7) is 0. The van der Waals surface area contributed by atoms with Gasteiger partial charge in [0.2, 0.25) is 0 Å². The molecule has 2 unspecified atom stereocenters. The van der Waals surface area contributed by atoms with Gasteiger partial charge in [0.25, 0.3) is 0 Å². The van der Waals surface area contributed by atoms with Gasteiger partial charge in [-0.25, -0.2) is 0 Å². The predicted octanol–water partition coefficient (Wildman–Crippen LogP) is -0.173. The van der Waals surface area contributed by atoms with Gasteiger partial charge in [0.05, 0.1) is 0 Å². The summed E-state index contributed by atoms with van der Waals surface area (Å²) < 4.78 is 0. The van der Waals surface area contributed by atoms with Gasteiger partial charge < -0.3 is 0 Å². The first-order valence-corrected chi connectivity index (χ1v) is 11.6. The first-order valence-electron chi connectivity index (χ1n) is 1.73. The van der Waals surface area contributed by atoms with Gasteiger partial charge in [0, 0.05) is 0 Å². The van der Waals surface area contributed by atoms with Gasteiger partial charge in [-0.2, -0.15) is 0 Å². The van der Waals surface area contributed by atoms with Crippen LogP contribution < -0.4 is 0 Å². The summed E-state index contributed by atoms with van der Waals surface area (Å²) in [6.07, 6.45) is 0. The summed E-state index contributed by atoms with van der Waals surface area (Å²) in [5, 5.41) is 0. The number of carbonyl (C=O) groups excluding carboxylic acids is 3. The first kappa shape index (κ1) is 9.49. The molecule has 3 nitrogen and oxygen atoms in total.